The van der Waals surface area contributed by atoms with Crippen molar-refractivity contribution in [3.8, 4) is 0 Å². The molecule has 18 heavy (non-hydrogen) atoms. The highest BCUT2D eigenvalue weighted by atomic mass is 16.4. The van der Waals surface area contributed by atoms with E-state index in [-0.39, 0.29) is 6.54 Å². The summed E-state index contributed by atoms with van der Waals surface area (Å²) in [5, 5.41) is 8.80. The van der Waals surface area contributed by atoms with E-state index in [1.54, 1.807) is 0 Å². The van der Waals surface area contributed by atoms with Gasteiger partial charge in [-0.1, -0.05) is 12.1 Å². The average Bonchev–Trinajstić information content (AvgIpc) is 2.32. The monoisotopic (exact) mass is 249 g/mol. The van der Waals surface area contributed by atoms with Gasteiger partial charge in [-0.3, -0.25) is 14.6 Å². The van der Waals surface area contributed by atoms with Crippen molar-refractivity contribution in [3.63, 3.8) is 0 Å². The SMILES string of the molecule is Nc1ccc(CN2CCCN(CC(=O)O)C2)cc1. The molecule has 5 heteroatoms. The molecule has 1 aliphatic heterocycles. The third-order valence-corrected chi connectivity index (χ3v) is 3.09. The van der Waals surface area contributed by atoms with Crippen LogP contribution in [0.3, 0.4) is 0 Å². The van der Waals surface area contributed by atoms with Gasteiger partial charge in [-0.25, -0.2) is 0 Å². The second kappa shape index (κ2) is 5.84. The van der Waals surface area contributed by atoms with Crippen LogP contribution in [0.2, 0.25) is 0 Å². The Hall–Kier alpha value is -1.59. The van der Waals surface area contributed by atoms with Gasteiger partial charge in [0, 0.05) is 25.3 Å². The summed E-state index contributed by atoms with van der Waals surface area (Å²) in [6.45, 7) is 3.57. The van der Waals surface area contributed by atoms with Crippen molar-refractivity contribution in [2.45, 2.75) is 13.0 Å². The maximum Gasteiger partial charge on any atom is 0.317 e. The molecule has 0 spiro atoms. The molecular formula is C13H19N3O2. The van der Waals surface area contributed by atoms with Crippen LogP contribution < -0.4 is 5.73 Å². The highest BCUT2D eigenvalue weighted by Crippen LogP contribution is 2.12. The Labute approximate surface area is 107 Å². The summed E-state index contributed by atoms with van der Waals surface area (Å²) in [6, 6.07) is 7.83. The first-order chi connectivity index (χ1) is 8.63. The van der Waals surface area contributed by atoms with Gasteiger partial charge in [-0.05, 0) is 24.1 Å². The number of anilines is 1. The highest BCUT2D eigenvalue weighted by Gasteiger charge is 2.19. The van der Waals surface area contributed by atoms with Gasteiger partial charge in [-0.15, -0.1) is 0 Å². The molecule has 0 aromatic heterocycles. The van der Waals surface area contributed by atoms with Gasteiger partial charge < -0.3 is 10.8 Å². The van der Waals surface area contributed by atoms with Gasteiger partial charge in [-0.2, -0.15) is 0 Å². The largest absolute Gasteiger partial charge is 0.480 e. The molecule has 0 amide bonds. The molecule has 0 aliphatic carbocycles. The summed E-state index contributed by atoms with van der Waals surface area (Å²) in [6.07, 6.45) is 1.02. The van der Waals surface area contributed by atoms with E-state index in [0.29, 0.717) is 0 Å². The molecule has 3 N–H and O–H groups in total. The van der Waals surface area contributed by atoms with Crippen LogP contribution in [0.4, 0.5) is 5.69 Å². The van der Waals surface area contributed by atoms with Crippen LogP contribution >= 0.6 is 0 Å². The Morgan fingerprint density at radius 2 is 1.89 bits per heavy atom. The number of hydrogen-bond donors (Lipinski definition) is 2. The molecule has 0 saturated carbocycles. The Morgan fingerprint density at radius 3 is 2.56 bits per heavy atom. The van der Waals surface area contributed by atoms with Crippen LogP contribution in [-0.2, 0) is 11.3 Å². The minimum Gasteiger partial charge on any atom is -0.480 e. The number of hydrogen-bond acceptors (Lipinski definition) is 4. The van der Waals surface area contributed by atoms with Crippen LogP contribution in [0.25, 0.3) is 0 Å². The molecule has 1 aliphatic rings. The number of rotatable bonds is 4. The van der Waals surface area contributed by atoms with Crippen molar-refractivity contribution in [2.75, 3.05) is 32.0 Å². The Morgan fingerprint density at radius 1 is 1.22 bits per heavy atom. The molecule has 1 saturated heterocycles. The van der Waals surface area contributed by atoms with Crippen LogP contribution in [0, 0.1) is 0 Å². The summed E-state index contributed by atoms with van der Waals surface area (Å²) in [4.78, 5) is 14.9. The Balaban J connectivity index is 1.89. The zero-order chi connectivity index (χ0) is 13.0. The smallest absolute Gasteiger partial charge is 0.317 e. The number of nitrogens with zero attached hydrogens (tertiary/aromatic N) is 2. The van der Waals surface area contributed by atoms with Crippen molar-refractivity contribution >= 4 is 11.7 Å². The van der Waals surface area contributed by atoms with Crippen molar-refractivity contribution in [1.82, 2.24) is 9.80 Å². The molecule has 0 unspecified atom stereocenters. The lowest BCUT2D eigenvalue weighted by molar-refractivity contribution is -0.139. The quantitative estimate of drug-likeness (QED) is 0.773. The zero-order valence-corrected chi connectivity index (χ0v) is 10.4. The fraction of sp³-hybridized carbons (Fsp3) is 0.462. The van der Waals surface area contributed by atoms with Crippen LogP contribution in [0.5, 0.6) is 0 Å². The number of nitrogen functional groups attached to an aromatic ring is 1. The maximum absolute atomic E-state index is 10.7. The molecule has 1 aromatic rings. The van der Waals surface area contributed by atoms with E-state index in [4.69, 9.17) is 10.8 Å². The molecule has 1 heterocycles. The topological polar surface area (TPSA) is 69.8 Å². The predicted octanol–water partition coefficient (Wildman–Crippen LogP) is 0.819. The third kappa shape index (κ3) is 3.72. The maximum atomic E-state index is 10.7. The molecule has 0 radical (unpaired) electrons. The molecule has 1 aromatic carbocycles. The van der Waals surface area contributed by atoms with Crippen molar-refractivity contribution in [1.29, 1.82) is 0 Å². The van der Waals surface area contributed by atoms with E-state index in [1.165, 1.54) is 5.56 Å². The van der Waals surface area contributed by atoms with Gasteiger partial charge in [0.25, 0.3) is 0 Å². The summed E-state index contributed by atoms with van der Waals surface area (Å²) in [7, 11) is 0. The zero-order valence-electron chi connectivity index (χ0n) is 10.4. The fourth-order valence-electron chi connectivity index (χ4n) is 2.27. The Bertz CT molecular complexity index is 405. The molecule has 2 rings (SSSR count). The van der Waals surface area contributed by atoms with Gasteiger partial charge >= 0.3 is 5.97 Å². The number of aliphatic carboxylic acids is 1. The standard InChI is InChI=1S/C13H19N3O2/c14-12-4-2-11(3-5-12)8-15-6-1-7-16(10-15)9-13(17)18/h2-5H,1,6-10,14H2,(H,17,18). The van der Waals surface area contributed by atoms with Crippen LogP contribution in [0.15, 0.2) is 24.3 Å². The summed E-state index contributed by atoms with van der Waals surface area (Å²) >= 11 is 0. The predicted molar refractivity (Wildman–Crippen MR) is 70.0 cm³/mol. The lowest BCUT2D eigenvalue weighted by Gasteiger charge is -2.34. The summed E-state index contributed by atoms with van der Waals surface area (Å²) in [5.41, 5.74) is 7.63. The van der Waals surface area contributed by atoms with Crippen molar-refractivity contribution in [2.24, 2.45) is 0 Å². The van der Waals surface area contributed by atoms with Crippen LogP contribution in [-0.4, -0.2) is 47.2 Å². The van der Waals surface area contributed by atoms with E-state index < -0.39 is 5.97 Å². The molecule has 0 atom stereocenters. The molecule has 98 valence electrons. The third-order valence-electron chi connectivity index (χ3n) is 3.09. The Kier molecular flexibility index (Phi) is 4.17. The second-order valence-corrected chi connectivity index (χ2v) is 4.74. The molecular weight excluding hydrogens is 230 g/mol. The van der Waals surface area contributed by atoms with E-state index in [9.17, 15) is 4.79 Å². The number of carbonyl (C=O) groups is 1. The highest BCUT2D eigenvalue weighted by molar-refractivity contribution is 5.69. The summed E-state index contributed by atoms with van der Waals surface area (Å²) < 4.78 is 0. The van der Waals surface area contributed by atoms with Crippen LogP contribution in [0.1, 0.15) is 12.0 Å². The first-order valence-electron chi connectivity index (χ1n) is 6.14. The first-order valence-corrected chi connectivity index (χ1v) is 6.14. The van der Waals surface area contributed by atoms with Gasteiger partial charge in [0.15, 0.2) is 0 Å². The van der Waals surface area contributed by atoms with Crippen molar-refractivity contribution in [3.05, 3.63) is 29.8 Å². The lowest BCUT2D eigenvalue weighted by atomic mass is 10.2. The fourth-order valence-corrected chi connectivity index (χ4v) is 2.27. The van der Waals surface area contributed by atoms with Crippen molar-refractivity contribution < 1.29 is 9.90 Å². The average molecular weight is 249 g/mol. The first kappa shape index (κ1) is 12.9. The number of carboxylic acids is 1. The molecule has 5 nitrogen and oxygen atoms in total. The van der Waals surface area contributed by atoms with Gasteiger partial charge in [0.05, 0.1) is 13.2 Å². The number of carboxylic acid groups (broad SMARTS) is 1. The van der Waals surface area contributed by atoms with Gasteiger partial charge in [0.2, 0.25) is 0 Å². The van der Waals surface area contributed by atoms with E-state index >= 15 is 0 Å². The normalized spacial score (nSPS) is 17.8. The van der Waals surface area contributed by atoms with Gasteiger partial charge in [0.1, 0.15) is 0 Å². The van der Waals surface area contributed by atoms with E-state index in [1.807, 2.05) is 29.2 Å². The molecule has 0 bridgehead atoms. The second-order valence-electron chi connectivity index (χ2n) is 4.74. The summed E-state index contributed by atoms with van der Waals surface area (Å²) in [5.74, 6) is -0.760. The number of benzene rings is 1. The minimum absolute atomic E-state index is 0.123. The molecule has 1 fully saturated rings. The lowest BCUT2D eigenvalue weighted by Crippen LogP contribution is -2.46. The van der Waals surface area contributed by atoms with E-state index in [0.717, 1.165) is 38.4 Å². The number of nitrogens with two attached hydrogens (primary N) is 1. The van der Waals surface area contributed by atoms with E-state index in [2.05, 4.69) is 4.90 Å². The minimum atomic E-state index is -0.760.